The summed E-state index contributed by atoms with van der Waals surface area (Å²) < 4.78 is 10.6. The highest BCUT2D eigenvalue weighted by Gasteiger charge is 2.52. The van der Waals surface area contributed by atoms with Crippen LogP contribution >= 0.6 is 0 Å². The summed E-state index contributed by atoms with van der Waals surface area (Å²) in [4.78, 5) is 37.5. The second-order valence-corrected chi connectivity index (χ2v) is 6.45. The van der Waals surface area contributed by atoms with Gasteiger partial charge in [0, 0.05) is 5.56 Å². The second kappa shape index (κ2) is 7.23. The van der Waals surface area contributed by atoms with E-state index < -0.39 is 23.4 Å². The molecule has 140 valence electrons. The van der Waals surface area contributed by atoms with Gasteiger partial charge < -0.3 is 14.8 Å². The number of carbonyl (C=O) groups excluding carboxylic acids is 3. The third kappa shape index (κ3) is 3.18. The number of urea groups is 1. The van der Waals surface area contributed by atoms with Crippen LogP contribution in [0.25, 0.3) is 0 Å². The van der Waals surface area contributed by atoms with Gasteiger partial charge in [0.1, 0.15) is 5.54 Å². The van der Waals surface area contributed by atoms with Crippen LogP contribution < -0.4 is 20.2 Å². The fraction of sp³-hybridized carbons (Fsp3) is 0.500. The highest BCUT2D eigenvalue weighted by atomic mass is 16.5. The first-order chi connectivity index (χ1) is 12.5. The summed E-state index contributed by atoms with van der Waals surface area (Å²) >= 11 is 0. The van der Waals surface area contributed by atoms with Crippen molar-refractivity contribution < 1.29 is 23.9 Å². The van der Waals surface area contributed by atoms with E-state index in [1.807, 2.05) is 6.92 Å². The maximum Gasteiger partial charge on any atom is 0.344 e. The number of methoxy groups -OCH3 is 1. The standard InChI is InChI=1S/C18H23N3O5/c1-3-26-14-11-12(7-8-13(14)25-2)15(22)20-21-16(23)18(19-17(21)24)9-5-4-6-10-18/h7-8,11H,3-6,9-10H2,1-2H3,(H,19,24)(H,20,22). The van der Waals surface area contributed by atoms with Gasteiger partial charge >= 0.3 is 6.03 Å². The van der Waals surface area contributed by atoms with E-state index in [0.29, 0.717) is 30.9 Å². The summed E-state index contributed by atoms with van der Waals surface area (Å²) in [7, 11) is 1.51. The Balaban J connectivity index is 1.76. The lowest BCUT2D eigenvalue weighted by molar-refractivity contribution is -0.134. The lowest BCUT2D eigenvalue weighted by atomic mass is 9.82. The number of hydrogen-bond donors (Lipinski definition) is 2. The van der Waals surface area contributed by atoms with Crippen LogP contribution in [-0.2, 0) is 4.79 Å². The molecule has 8 nitrogen and oxygen atoms in total. The molecule has 8 heteroatoms. The van der Waals surface area contributed by atoms with Crippen molar-refractivity contribution in [3.8, 4) is 11.5 Å². The summed E-state index contributed by atoms with van der Waals surface area (Å²) in [6.07, 6.45) is 4.00. The minimum absolute atomic E-state index is 0.263. The monoisotopic (exact) mass is 361 g/mol. The molecule has 1 saturated carbocycles. The zero-order valence-electron chi connectivity index (χ0n) is 15.0. The minimum Gasteiger partial charge on any atom is -0.493 e. The lowest BCUT2D eigenvalue weighted by Crippen LogP contribution is -2.50. The van der Waals surface area contributed by atoms with E-state index in [1.165, 1.54) is 13.2 Å². The number of benzene rings is 1. The van der Waals surface area contributed by atoms with Crippen LogP contribution in [0.4, 0.5) is 4.79 Å². The molecule has 0 atom stereocenters. The fourth-order valence-electron chi connectivity index (χ4n) is 3.47. The number of nitrogens with zero attached hydrogens (tertiary/aromatic N) is 1. The molecule has 2 aliphatic rings. The van der Waals surface area contributed by atoms with Gasteiger partial charge in [-0.1, -0.05) is 19.3 Å². The van der Waals surface area contributed by atoms with Crippen molar-refractivity contribution in [2.75, 3.05) is 13.7 Å². The van der Waals surface area contributed by atoms with E-state index in [0.717, 1.165) is 24.3 Å². The first kappa shape index (κ1) is 18.0. The van der Waals surface area contributed by atoms with E-state index in [2.05, 4.69) is 10.7 Å². The summed E-state index contributed by atoms with van der Waals surface area (Å²) in [5, 5.41) is 3.54. The molecule has 1 aliphatic carbocycles. The second-order valence-electron chi connectivity index (χ2n) is 6.45. The normalized spacial score (nSPS) is 18.6. The minimum atomic E-state index is -0.876. The maximum atomic E-state index is 12.7. The van der Waals surface area contributed by atoms with Crippen LogP contribution in [-0.4, -0.2) is 42.1 Å². The third-order valence-electron chi connectivity index (χ3n) is 4.81. The van der Waals surface area contributed by atoms with Crippen LogP contribution in [0.15, 0.2) is 18.2 Å². The smallest absolute Gasteiger partial charge is 0.344 e. The number of carbonyl (C=O) groups is 3. The highest BCUT2D eigenvalue weighted by molar-refractivity contribution is 6.09. The molecule has 2 N–H and O–H groups in total. The molecule has 0 unspecified atom stereocenters. The predicted molar refractivity (Wildman–Crippen MR) is 92.8 cm³/mol. The van der Waals surface area contributed by atoms with Gasteiger partial charge in [0.15, 0.2) is 11.5 Å². The van der Waals surface area contributed by atoms with Gasteiger partial charge in [-0.2, -0.15) is 5.01 Å². The molecule has 1 heterocycles. The van der Waals surface area contributed by atoms with Crippen LogP contribution in [0.2, 0.25) is 0 Å². The van der Waals surface area contributed by atoms with E-state index in [1.54, 1.807) is 12.1 Å². The predicted octanol–water partition coefficient (Wildman–Crippen LogP) is 1.99. The van der Waals surface area contributed by atoms with Crippen molar-refractivity contribution in [3.05, 3.63) is 23.8 Å². The Morgan fingerprint density at radius 1 is 1.23 bits per heavy atom. The molecule has 1 saturated heterocycles. The summed E-state index contributed by atoms with van der Waals surface area (Å²) in [5.41, 5.74) is 1.80. The largest absolute Gasteiger partial charge is 0.493 e. The zero-order valence-corrected chi connectivity index (χ0v) is 15.0. The number of amides is 4. The Morgan fingerprint density at radius 3 is 2.62 bits per heavy atom. The Labute approximate surface area is 151 Å². The van der Waals surface area contributed by atoms with Crippen molar-refractivity contribution in [1.29, 1.82) is 0 Å². The van der Waals surface area contributed by atoms with E-state index in [-0.39, 0.29) is 5.56 Å². The van der Waals surface area contributed by atoms with E-state index >= 15 is 0 Å². The molecule has 2 fully saturated rings. The molecule has 3 rings (SSSR count). The van der Waals surface area contributed by atoms with Crippen LogP contribution in [0, 0.1) is 0 Å². The Kier molecular flexibility index (Phi) is 5.01. The van der Waals surface area contributed by atoms with Crippen molar-refractivity contribution in [2.45, 2.75) is 44.6 Å². The van der Waals surface area contributed by atoms with Crippen molar-refractivity contribution >= 4 is 17.8 Å². The molecule has 1 aliphatic heterocycles. The maximum absolute atomic E-state index is 12.7. The van der Waals surface area contributed by atoms with Crippen molar-refractivity contribution in [3.63, 3.8) is 0 Å². The van der Waals surface area contributed by atoms with Gasteiger partial charge in [-0.05, 0) is 38.0 Å². The number of imide groups is 1. The molecule has 4 amide bonds. The third-order valence-corrected chi connectivity index (χ3v) is 4.81. The summed E-state index contributed by atoms with van der Waals surface area (Å²) in [6.45, 7) is 2.24. The topological polar surface area (TPSA) is 97.0 Å². The number of hydrazine groups is 1. The molecular formula is C18H23N3O5. The first-order valence-corrected chi connectivity index (χ1v) is 8.79. The fourth-order valence-corrected chi connectivity index (χ4v) is 3.47. The van der Waals surface area contributed by atoms with Crippen molar-refractivity contribution in [2.24, 2.45) is 0 Å². The van der Waals surface area contributed by atoms with Crippen LogP contribution in [0.5, 0.6) is 11.5 Å². The van der Waals surface area contributed by atoms with E-state index in [4.69, 9.17) is 9.47 Å². The summed E-state index contributed by atoms with van der Waals surface area (Å²) in [5.74, 6) is -0.0396. The molecule has 1 aromatic rings. The Morgan fingerprint density at radius 2 is 1.96 bits per heavy atom. The lowest BCUT2D eigenvalue weighted by Gasteiger charge is -2.30. The van der Waals surface area contributed by atoms with E-state index in [9.17, 15) is 14.4 Å². The number of ether oxygens (including phenoxy) is 2. The first-order valence-electron chi connectivity index (χ1n) is 8.79. The van der Waals surface area contributed by atoms with Gasteiger partial charge in [0.05, 0.1) is 13.7 Å². The zero-order chi connectivity index (χ0) is 18.7. The molecule has 1 aromatic carbocycles. The number of nitrogens with one attached hydrogen (secondary N) is 2. The molecule has 1 spiro atoms. The van der Waals surface area contributed by atoms with Gasteiger partial charge in [0.25, 0.3) is 11.8 Å². The molecule has 0 bridgehead atoms. The SMILES string of the molecule is CCOc1cc(C(=O)NN2C(=O)NC3(CCCCC3)C2=O)ccc1OC. The van der Waals surface area contributed by atoms with Crippen LogP contribution in [0.3, 0.4) is 0 Å². The highest BCUT2D eigenvalue weighted by Crippen LogP contribution is 2.33. The van der Waals surface area contributed by atoms with Gasteiger partial charge in [-0.3, -0.25) is 15.0 Å². The van der Waals surface area contributed by atoms with Gasteiger partial charge in [-0.25, -0.2) is 4.79 Å². The Hall–Kier alpha value is -2.77. The average molecular weight is 361 g/mol. The van der Waals surface area contributed by atoms with Gasteiger partial charge in [-0.15, -0.1) is 0 Å². The Bertz CT molecular complexity index is 728. The molecular weight excluding hydrogens is 338 g/mol. The van der Waals surface area contributed by atoms with Crippen molar-refractivity contribution in [1.82, 2.24) is 15.8 Å². The number of rotatable bonds is 5. The molecule has 0 radical (unpaired) electrons. The van der Waals surface area contributed by atoms with Crippen LogP contribution in [0.1, 0.15) is 49.4 Å². The quantitative estimate of drug-likeness (QED) is 0.782. The summed E-state index contributed by atoms with van der Waals surface area (Å²) in [6, 6.07) is 4.08. The number of hydrogen-bond acceptors (Lipinski definition) is 5. The molecule has 0 aromatic heterocycles. The average Bonchev–Trinajstić information content (AvgIpc) is 2.86. The molecule has 26 heavy (non-hydrogen) atoms. The van der Waals surface area contributed by atoms with Gasteiger partial charge in [0.2, 0.25) is 0 Å².